The van der Waals surface area contributed by atoms with Crippen LogP contribution in [0.5, 0.6) is 0 Å². The van der Waals surface area contributed by atoms with Gasteiger partial charge in [0.05, 0.1) is 36.6 Å². The number of hydrogen-bond acceptors (Lipinski definition) is 5. The molecule has 120 valence electrons. The molecule has 1 saturated heterocycles. The van der Waals surface area contributed by atoms with Crippen LogP contribution in [0.3, 0.4) is 0 Å². The smallest absolute Gasteiger partial charge is 0.0917 e. The Morgan fingerprint density at radius 1 is 0.905 bits per heavy atom. The lowest BCUT2D eigenvalue weighted by Gasteiger charge is -2.50. The minimum absolute atomic E-state index is 0.0433. The molecule has 0 spiro atoms. The molecule has 3 saturated carbocycles. The minimum atomic E-state index is -0.803. The van der Waals surface area contributed by atoms with Crippen molar-refractivity contribution in [3.8, 4) is 0 Å². The first-order valence-corrected chi connectivity index (χ1v) is 8.36. The summed E-state index contributed by atoms with van der Waals surface area (Å²) < 4.78 is 5.89. The number of hydrogen-bond donors (Lipinski definition) is 4. The van der Waals surface area contributed by atoms with Crippen LogP contribution in [0, 0.1) is 23.7 Å². The average Bonchev–Trinajstić information content (AvgIpc) is 2.71. The van der Waals surface area contributed by atoms with Crippen molar-refractivity contribution in [2.75, 3.05) is 6.61 Å². The molecular weight excluding hydrogens is 272 g/mol. The van der Waals surface area contributed by atoms with Gasteiger partial charge in [-0.15, -0.1) is 0 Å². The molecule has 0 radical (unpaired) electrons. The van der Waals surface area contributed by atoms with Gasteiger partial charge >= 0.3 is 0 Å². The number of aliphatic hydroxyl groups excluding tert-OH is 3. The van der Waals surface area contributed by atoms with E-state index in [2.05, 4.69) is 0 Å². The van der Waals surface area contributed by atoms with E-state index in [1.807, 2.05) is 0 Å². The fourth-order valence-electron chi connectivity index (χ4n) is 5.79. The SMILES string of the molecule is OC1CCC2C(C1)OCC1(O)CC3CC(O)C(O)CC3C21. The molecule has 0 bridgehead atoms. The zero-order valence-electron chi connectivity index (χ0n) is 12.3. The first-order chi connectivity index (χ1) is 9.98. The summed E-state index contributed by atoms with van der Waals surface area (Å²) in [7, 11) is 0. The second kappa shape index (κ2) is 4.90. The molecule has 4 fully saturated rings. The molecule has 5 nitrogen and oxygen atoms in total. The Bertz CT molecular complexity index is 415. The van der Waals surface area contributed by atoms with Crippen molar-refractivity contribution < 1.29 is 25.2 Å². The van der Waals surface area contributed by atoms with Crippen molar-refractivity contribution in [1.82, 2.24) is 0 Å². The lowest BCUT2D eigenvalue weighted by atomic mass is 9.64. The van der Waals surface area contributed by atoms with Crippen molar-refractivity contribution >= 4 is 0 Å². The highest BCUT2D eigenvalue weighted by Gasteiger charge is 2.61. The van der Waals surface area contributed by atoms with Gasteiger partial charge in [0.2, 0.25) is 0 Å². The summed E-state index contributed by atoms with van der Waals surface area (Å²) in [5.74, 6) is 0.994. The van der Waals surface area contributed by atoms with Crippen LogP contribution in [0.2, 0.25) is 0 Å². The molecule has 5 heteroatoms. The van der Waals surface area contributed by atoms with E-state index >= 15 is 0 Å². The van der Waals surface area contributed by atoms with Gasteiger partial charge in [0.25, 0.3) is 0 Å². The summed E-state index contributed by atoms with van der Waals surface area (Å²) >= 11 is 0. The lowest BCUT2D eigenvalue weighted by molar-refractivity contribution is -0.201. The molecule has 9 unspecified atom stereocenters. The molecule has 0 amide bonds. The van der Waals surface area contributed by atoms with E-state index < -0.39 is 17.8 Å². The van der Waals surface area contributed by atoms with Crippen molar-refractivity contribution in [3.05, 3.63) is 0 Å². The standard InChI is InChI=1S/C16H26O5/c17-9-1-2-10-14(4-9)21-7-16(20)6-8-3-12(18)13(19)5-11(8)15(10)16/h8-15,17-20H,1-7H2. The topological polar surface area (TPSA) is 90.2 Å². The Morgan fingerprint density at radius 3 is 2.48 bits per heavy atom. The lowest BCUT2D eigenvalue weighted by Crippen LogP contribution is -2.56. The second-order valence-corrected chi connectivity index (χ2v) is 7.84. The number of rotatable bonds is 0. The van der Waals surface area contributed by atoms with Gasteiger partial charge in [-0.05, 0) is 62.2 Å². The molecule has 9 atom stereocenters. The van der Waals surface area contributed by atoms with Crippen LogP contribution in [-0.2, 0) is 4.74 Å². The van der Waals surface area contributed by atoms with Gasteiger partial charge < -0.3 is 25.2 Å². The van der Waals surface area contributed by atoms with E-state index in [-0.39, 0.29) is 35.9 Å². The Balaban J connectivity index is 1.61. The van der Waals surface area contributed by atoms with Gasteiger partial charge in [-0.1, -0.05) is 0 Å². The highest BCUT2D eigenvalue weighted by atomic mass is 16.5. The van der Waals surface area contributed by atoms with Gasteiger partial charge in [-0.25, -0.2) is 0 Å². The van der Waals surface area contributed by atoms with Gasteiger partial charge in [-0.3, -0.25) is 0 Å². The Hall–Kier alpha value is -0.200. The molecule has 4 aliphatic rings. The summed E-state index contributed by atoms with van der Waals surface area (Å²) in [4.78, 5) is 0. The third-order valence-electron chi connectivity index (χ3n) is 6.63. The molecule has 21 heavy (non-hydrogen) atoms. The maximum absolute atomic E-state index is 11.1. The normalized spacial score (nSPS) is 60.0. The average molecular weight is 298 g/mol. The number of fused-ring (bicyclic) bond motifs is 5. The predicted molar refractivity (Wildman–Crippen MR) is 74.4 cm³/mol. The van der Waals surface area contributed by atoms with E-state index in [9.17, 15) is 20.4 Å². The number of aliphatic hydroxyl groups is 4. The Labute approximate surface area is 124 Å². The maximum atomic E-state index is 11.1. The van der Waals surface area contributed by atoms with Crippen LogP contribution in [0.1, 0.15) is 38.5 Å². The Morgan fingerprint density at radius 2 is 1.67 bits per heavy atom. The van der Waals surface area contributed by atoms with Crippen molar-refractivity contribution in [2.24, 2.45) is 23.7 Å². The molecule has 1 aliphatic heterocycles. The molecule has 0 aromatic heterocycles. The summed E-state index contributed by atoms with van der Waals surface area (Å²) in [6.07, 6.45) is 2.63. The third kappa shape index (κ3) is 2.17. The molecule has 4 N–H and O–H groups in total. The Kier molecular flexibility index (Phi) is 3.36. The zero-order valence-corrected chi connectivity index (χ0v) is 12.3. The summed E-state index contributed by atoms with van der Waals surface area (Å²) in [5.41, 5.74) is -0.803. The highest BCUT2D eigenvalue weighted by Crippen LogP contribution is 2.58. The quantitative estimate of drug-likeness (QED) is 0.507. The first kappa shape index (κ1) is 14.4. The zero-order chi connectivity index (χ0) is 14.8. The van der Waals surface area contributed by atoms with Crippen LogP contribution in [0.4, 0.5) is 0 Å². The molecule has 0 aromatic rings. The van der Waals surface area contributed by atoms with Crippen LogP contribution in [0.15, 0.2) is 0 Å². The maximum Gasteiger partial charge on any atom is 0.0917 e. The van der Waals surface area contributed by atoms with Crippen LogP contribution in [-0.4, -0.2) is 57.0 Å². The molecule has 1 heterocycles. The molecule has 3 aliphatic carbocycles. The van der Waals surface area contributed by atoms with E-state index in [0.29, 0.717) is 32.3 Å². The predicted octanol–water partition coefficient (Wildman–Crippen LogP) is 0.0452. The monoisotopic (exact) mass is 298 g/mol. The first-order valence-electron chi connectivity index (χ1n) is 8.36. The highest BCUT2D eigenvalue weighted by molar-refractivity contribution is 5.10. The van der Waals surface area contributed by atoms with E-state index in [1.165, 1.54) is 0 Å². The minimum Gasteiger partial charge on any atom is -0.393 e. The van der Waals surface area contributed by atoms with Gasteiger partial charge in [-0.2, -0.15) is 0 Å². The van der Waals surface area contributed by atoms with Crippen molar-refractivity contribution in [1.29, 1.82) is 0 Å². The molecular formula is C16H26O5. The largest absolute Gasteiger partial charge is 0.393 e. The van der Waals surface area contributed by atoms with Crippen LogP contribution >= 0.6 is 0 Å². The third-order valence-corrected chi connectivity index (χ3v) is 6.63. The van der Waals surface area contributed by atoms with Crippen LogP contribution in [0.25, 0.3) is 0 Å². The van der Waals surface area contributed by atoms with E-state index in [0.717, 1.165) is 12.8 Å². The fraction of sp³-hybridized carbons (Fsp3) is 1.00. The van der Waals surface area contributed by atoms with Crippen molar-refractivity contribution in [2.45, 2.75) is 68.5 Å². The van der Waals surface area contributed by atoms with Gasteiger partial charge in [0.1, 0.15) is 0 Å². The number of ether oxygens (including phenoxy) is 1. The molecule has 4 rings (SSSR count). The van der Waals surface area contributed by atoms with E-state index in [1.54, 1.807) is 0 Å². The summed E-state index contributed by atoms with van der Waals surface area (Å²) in [6, 6.07) is 0. The van der Waals surface area contributed by atoms with Gasteiger partial charge in [0.15, 0.2) is 0 Å². The summed E-state index contributed by atoms with van der Waals surface area (Å²) in [5, 5.41) is 40.9. The van der Waals surface area contributed by atoms with Crippen molar-refractivity contribution in [3.63, 3.8) is 0 Å². The molecule has 0 aromatic carbocycles. The van der Waals surface area contributed by atoms with E-state index in [4.69, 9.17) is 4.74 Å². The van der Waals surface area contributed by atoms with Gasteiger partial charge in [0, 0.05) is 0 Å². The van der Waals surface area contributed by atoms with Crippen LogP contribution < -0.4 is 0 Å². The fourth-order valence-corrected chi connectivity index (χ4v) is 5.79. The summed E-state index contributed by atoms with van der Waals surface area (Å²) in [6.45, 7) is 0.338. The second-order valence-electron chi connectivity index (χ2n) is 7.84.